The van der Waals surface area contributed by atoms with Gasteiger partial charge in [0.15, 0.2) is 36.2 Å². The van der Waals surface area contributed by atoms with Crippen LogP contribution in [0.2, 0.25) is 0 Å². The number of primary amides is 1. The van der Waals surface area contributed by atoms with E-state index in [0.29, 0.717) is 62.2 Å². The molecule has 36 nitrogen and oxygen atoms in total. The number of allylic oxidation sites excluding steroid dienone is 2. The minimum atomic E-state index is -1.97. The van der Waals surface area contributed by atoms with Gasteiger partial charge in [0, 0.05) is 111 Å². The maximum atomic E-state index is 14.7. The first-order chi connectivity index (χ1) is 63.3. The smallest absolute Gasteiger partial charge is 0.410 e. The van der Waals surface area contributed by atoms with Crippen molar-refractivity contribution in [3.8, 4) is 40.9 Å². The average molecular weight is 2030 g/mol. The molecule has 14 N–H and O–H groups in total. The number of ether oxygens (including phenoxy) is 12. The van der Waals surface area contributed by atoms with Gasteiger partial charge in [0.25, 0.3) is 0 Å². The van der Waals surface area contributed by atoms with E-state index in [4.69, 9.17) is 73.1 Å². The Morgan fingerprint density at radius 2 is 1.50 bits per heavy atom. The molecule has 0 aromatic heterocycles. The first kappa shape index (κ1) is 107. The average Bonchev–Trinajstić information content (AvgIpc) is 1.50. The van der Waals surface area contributed by atoms with Crippen molar-refractivity contribution in [2.45, 2.75) is 273 Å². The summed E-state index contributed by atoms with van der Waals surface area (Å²) < 4.78 is 75.3. The first-order valence-corrected chi connectivity index (χ1v) is 48.6. The molecule has 5 amide bonds. The fraction of sp³-hybridized carbons (Fsp3) is 0.613. The summed E-state index contributed by atoms with van der Waals surface area (Å²) in [6, 6.07) is 9.12. The molecule has 3 aliphatic carbocycles. The molecular weight excluding hydrogens is 1900 g/mol. The molecule has 6 fully saturated rings. The van der Waals surface area contributed by atoms with Gasteiger partial charge in [0.2, 0.25) is 29.0 Å². The number of hydrogen-bond donors (Lipinski definition) is 12. The lowest BCUT2D eigenvalue weighted by Gasteiger charge is -2.60. The Balaban J connectivity index is 0.867. The van der Waals surface area contributed by atoms with Crippen molar-refractivity contribution in [3.63, 3.8) is 0 Å². The third-order valence-electron chi connectivity index (χ3n) is 25.1. The van der Waals surface area contributed by atoms with Gasteiger partial charge in [-0.2, -0.15) is 5.48 Å². The number of aliphatic hydroxyl groups excluding tert-OH is 4. The maximum Gasteiger partial charge on any atom is 0.410 e. The number of hydroxylamine groups is 1. The SMILES string of the molecule is CCN(C(=O)OCc1ccc(NC(=O)[C@H](CCCNC(N)=O)CC(=O)[C@@H](NC(=O)[C@H](CCCCN)CC(C)=O)C(C)C)cc1)[C@H]1CO[C@@H](O[C@H]2[C@H](O[C@H]3C#C/C=C(/C)C#CC45C(CC(C)=O)C(=O)C[C@]4(O)/C(=C/CSSc4ccccc4C(=O)O)C35)O[C@H](C)[C@@H](NO[C@H]3C[C@H](O)[C@H](SC(=O)c4c(C)c(I)c(O[C@@H]5O[C@@H](C)[C@H](O)[C@@H](OC)[C@H]5O)c(OC)c4OC)[C@@H](C)O3)[C@@H]2O)C[C@@H]1OC. The summed E-state index contributed by atoms with van der Waals surface area (Å²) in [5, 5.41) is 77.0. The van der Waals surface area contributed by atoms with Gasteiger partial charge < -0.3 is 129 Å². The number of carboxylic acid groups (broad SMARTS) is 1. The summed E-state index contributed by atoms with van der Waals surface area (Å²) in [6.45, 7) is 16.4. The van der Waals surface area contributed by atoms with Crippen LogP contribution in [0, 0.1) is 69.2 Å². The van der Waals surface area contributed by atoms with Crippen molar-refractivity contribution in [1.82, 2.24) is 21.0 Å². The number of halogens is 1. The highest BCUT2D eigenvalue weighted by Crippen LogP contribution is 2.70. The minimum Gasteiger partial charge on any atom is -0.492 e. The lowest BCUT2D eigenvalue weighted by molar-refractivity contribution is -0.343. The molecule has 0 radical (unpaired) electrons. The fourth-order valence-corrected chi connectivity index (χ4v) is 22.0. The van der Waals surface area contributed by atoms with E-state index >= 15 is 0 Å². The topological polar surface area (TPSA) is 515 Å². The minimum absolute atomic E-state index is 0.00948. The zero-order valence-electron chi connectivity index (χ0n) is 76.9. The normalized spacial score (nSPS) is 30.2. The number of methoxy groups -OCH3 is 4. The van der Waals surface area contributed by atoms with Crippen LogP contribution in [0.25, 0.3) is 0 Å². The van der Waals surface area contributed by atoms with Gasteiger partial charge in [0.05, 0.1) is 94.8 Å². The molecule has 4 aliphatic heterocycles. The number of thioether (sulfide) groups is 1. The Morgan fingerprint density at radius 1 is 0.797 bits per heavy atom. The Kier molecular flexibility index (Phi) is 39.4. The van der Waals surface area contributed by atoms with Crippen molar-refractivity contribution in [2.24, 2.45) is 46.5 Å². The highest BCUT2D eigenvalue weighted by Gasteiger charge is 2.78. The second kappa shape index (κ2) is 48.9. The number of aliphatic hydroxyl groups is 5. The van der Waals surface area contributed by atoms with Crippen molar-refractivity contribution >= 4 is 120 Å². The van der Waals surface area contributed by atoms with E-state index in [1.807, 2.05) is 22.6 Å². The van der Waals surface area contributed by atoms with Gasteiger partial charge in [-0.15, -0.1) is 0 Å². The molecule has 1 spiro atoms. The summed E-state index contributed by atoms with van der Waals surface area (Å²) in [7, 11) is 7.90. The molecule has 2 saturated carbocycles. The number of nitrogens with one attached hydrogen (secondary N) is 4. The van der Waals surface area contributed by atoms with Crippen LogP contribution in [0.1, 0.15) is 165 Å². The molecule has 3 aromatic carbocycles. The van der Waals surface area contributed by atoms with Crippen LogP contribution < -0.4 is 47.1 Å². The van der Waals surface area contributed by atoms with Gasteiger partial charge in [-0.1, -0.05) is 108 Å². The van der Waals surface area contributed by atoms with Crippen molar-refractivity contribution < 1.29 is 140 Å². The predicted octanol–water partition coefficient (Wildman–Crippen LogP) is 7.54. The van der Waals surface area contributed by atoms with Gasteiger partial charge in [-0.3, -0.25) is 28.8 Å². The van der Waals surface area contributed by atoms with Crippen molar-refractivity contribution in [3.05, 3.63) is 97.7 Å². The third kappa shape index (κ3) is 25.5. The van der Waals surface area contributed by atoms with Gasteiger partial charge in [0.1, 0.15) is 66.2 Å². The Labute approximate surface area is 799 Å². The predicted molar refractivity (Wildman–Crippen MR) is 497 cm³/mol. The molecule has 40 heteroatoms. The summed E-state index contributed by atoms with van der Waals surface area (Å²) in [6.07, 6.45) is -15.5. The third-order valence-corrected chi connectivity index (χ3v) is 30.0. The van der Waals surface area contributed by atoms with Crippen LogP contribution in [-0.4, -0.2) is 275 Å². The number of urea groups is 1. The second-order valence-corrected chi connectivity index (χ2v) is 39.2. The second-order valence-electron chi connectivity index (χ2n) is 34.6. The van der Waals surface area contributed by atoms with E-state index in [1.54, 1.807) is 110 Å². The summed E-state index contributed by atoms with van der Waals surface area (Å²) in [5.74, 6) is 5.17. The highest BCUT2D eigenvalue weighted by molar-refractivity contribution is 14.1. The lowest BCUT2D eigenvalue weighted by Crippen LogP contribution is -2.69. The van der Waals surface area contributed by atoms with E-state index in [-0.39, 0.29) is 123 Å². The number of Topliss-reactive ketones (excluding diaryl/α,β-unsaturated/α-hetero) is 4. The first-order valence-electron chi connectivity index (χ1n) is 44.4. The fourth-order valence-electron chi connectivity index (χ4n) is 18.2. The number of nitrogens with two attached hydrogens (primary N) is 2. The molecule has 133 heavy (non-hydrogen) atoms. The zero-order chi connectivity index (χ0) is 97.2. The monoisotopic (exact) mass is 2030 g/mol. The molecule has 3 unspecified atom stereocenters. The van der Waals surface area contributed by atoms with Crippen LogP contribution in [0.5, 0.6) is 17.2 Å². The number of nitrogens with zero attached hydrogens (tertiary/aromatic N) is 1. The maximum absolute atomic E-state index is 14.7. The molecular formula is C93H124IN7O29S3. The number of aromatic carboxylic acids is 1. The Hall–Kier alpha value is -7.90. The van der Waals surface area contributed by atoms with Crippen molar-refractivity contribution in [1.29, 1.82) is 0 Å². The number of benzene rings is 3. The number of hydrogen-bond acceptors (Lipinski definition) is 33. The van der Waals surface area contributed by atoms with Gasteiger partial charge >= 0.3 is 18.1 Å². The summed E-state index contributed by atoms with van der Waals surface area (Å²) in [5.41, 5.74) is 12.4. The zero-order valence-corrected chi connectivity index (χ0v) is 81.5. The molecule has 10 rings (SSSR count). The van der Waals surface area contributed by atoms with Crippen LogP contribution in [0.3, 0.4) is 0 Å². The Bertz CT molecular complexity index is 4840. The van der Waals surface area contributed by atoms with Gasteiger partial charge in [-0.05, 0) is 163 Å². The molecule has 730 valence electrons. The number of rotatable bonds is 44. The number of carboxylic acids is 1. The van der Waals surface area contributed by atoms with Crippen molar-refractivity contribution in [2.75, 3.05) is 65.7 Å². The van der Waals surface area contributed by atoms with E-state index in [1.165, 1.54) is 74.8 Å². The molecule has 3 aromatic rings. The van der Waals surface area contributed by atoms with Crippen LogP contribution in [0.15, 0.2) is 76.7 Å². The number of anilines is 1. The molecule has 7 aliphatic rings. The molecule has 25 atom stereocenters. The highest BCUT2D eigenvalue weighted by atomic mass is 127. The van der Waals surface area contributed by atoms with Gasteiger partial charge in [-0.25, -0.2) is 14.4 Å². The number of amides is 5. The lowest BCUT2D eigenvalue weighted by atomic mass is 9.44. The van der Waals surface area contributed by atoms with Crippen LogP contribution in [0.4, 0.5) is 15.3 Å². The summed E-state index contributed by atoms with van der Waals surface area (Å²) >= 11 is 2.76. The van der Waals surface area contributed by atoms with E-state index in [0.717, 1.165) is 11.8 Å². The number of likely N-dealkylation sites (N-methyl/N-ethyl adjacent to an activating group) is 1. The molecule has 4 heterocycles. The van der Waals surface area contributed by atoms with Crippen LogP contribution in [-0.2, 0) is 82.8 Å². The van der Waals surface area contributed by atoms with E-state index in [9.17, 15) is 78.6 Å². The number of ketones is 4. The Morgan fingerprint density at radius 3 is 2.14 bits per heavy atom. The number of unbranched alkanes of at least 4 members (excludes halogenated alkanes) is 1. The largest absolute Gasteiger partial charge is 0.492 e. The molecule has 4 saturated heterocycles. The summed E-state index contributed by atoms with van der Waals surface area (Å²) in [4.78, 5) is 143. The van der Waals surface area contributed by atoms with Crippen LogP contribution >= 0.6 is 55.9 Å². The number of carbonyl (C=O) groups is 10. The quantitative estimate of drug-likeness (QED) is 0.00649. The van der Waals surface area contributed by atoms with E-state index in [2.05, 4.69) is 45.1 Å². The van der Waals surface area contributed by atoms with E-state index < -0.39 is 203 Å². The number of carbonyl (C=O) groups excluding carboxylic acids is 9. The molecule has 0 bridgehead atoms. The standard InChI is InChI=1S/C93H124IN7O29S3/c1-15-101(91(116)123-44-54-28-30-57(31-29-54)98-84(110)56(24-21-36-97-90(96)115)40-62(104)73(46(2)3)99-85(111)55(38-48(5)102)23-18-19-35-95)61-45-122-68(42-66(61)118-11)128-81-76(108)74(100-130-69-41-63(105)83(53(10)124-69)132-87(114)70-50(7)72(94)79(82(121-14)78(70)119-12)129-88-77(109)80(120-13)75(107)52(9)126-88)51(8)125-89(81)127-65-26-20-22-47(4)32-34-92-60(39-49(6)103)64(106)43-93(92,117)59(71(65)92)33-37-131-133-67-27-17-16-25-58(67)86(112)113/h16-17,22,25,27-31,33,46,51-53,55-56,60-61,63,65-66,68-69,71,73-77,80-81,83,88-89,100,105,107-109,117H,15,18-19,21,23-24,35-45,95H2,1-14H3,(H,98,110)(H,99,111)(H,112,113)(H3,96,97,115)/b47-22-,59-33+/t51-,52+,53-,55-,56-,60?,61+,63+,65+,66+,68+,69+,71?,73+,74-,75+,76+,77-,80-,81-,83-,88+,89+,92?,93+/m1/s1.